The smallest absolute Gasteiger partial charge is 0.146 e. The molecule has 1 atom stereocenters. The van der Waals surface area contributed by atoms with Crippen LogP contribution in [0.1, 0.15) is 45.6 Å². The largest absolute Gasteiger partial charge is 0.369 e. The molecule has 1 aliphatic heterocycles. The lowest BCUT2D eigenvalue weighted by Crippen LogP contribution is -2.26. The minimum absolute atomic E-state index is 0.0693. The fourth-order valence-electron chi connectivity index (χ4n) is 3.27. The summed E-state index contributed by atoms with van der Waals surface area (Å²) in [5.74, 6) is -0.105. The Morgan fingerprint density at radius 2 is 2.05 bits per heavy atom. The Kier molecular flexibility index (Phi) is 4.69. The lowest BCUT2D eigenvalue weighted by Gasteiger charge is -2.27. The molecule has 2 nitrogen and oxygen atoms in total. The fourth-order valence-corrected chi connectivity index (χ4v) is 3.27. The third-order valence-electron chi connectivity index (χ3n) is 4.85. The summed E-state index contributed by atoms with van der Waals surface area (Å²) in [4.78, 5) is 2.21. The van der Waals surface area contributed by atoms with E-state index < -0.39 is 0 Å². The number of nitrogens with two attached hydrogens (primary N) is 1. The van der Waals surface area contributed by atoms with E-state index >= 15 is 0 Å². The summed E-state index contributed by atoms with van der Waals surface area (Å²) in [6.07, 6.45) is 4.24. The first kappa shape index (κ1) is 15.3. The Bertz CT molecular complexity index is 452. The van der Waals surface area contributed by atoms with Crippen LogP contribution in [0.15, 0.2) is 18.2 Å². The number of hydrogen-bond donors (Lipinski definition) is 1. The molecule has 1 unspecified atom stereocenters. The molecule has 0 saturated carbocycles. The van der Waals surface area contributed by atoms with Crippen molar-refractivity contribution < 1.29 is 4.39 Å². The fraction of sp³-hybridized carbons (Fsp3) is 0.647. The molecular formula is C17H27FN2. The van der Waals surface area contributed by atoms with E-state index in [4.69, 9.17) is 5.73 Å². The van der Waals surface area contributed by atoms with Crippen molar-refractivity contribution in [2.24, 2.45) is 11.1 Å². The minimum atomic E-state index is -0.105. The summed E-state index contributed by atoms with van der Waals surface area (Å²) in [7, 11) is 0. The van der Waals surface area contributed by atoms with Crippen LogP contribution in [0.4, 0.5) is 10.1 Å². The van der Waals surface area contributed by atoms with Gasteiger partial charge in [0.05, 0.1) is 5.69 Å². The summed E-state index contributed by atoms with van der Waals surface area (Å²) >= 11 is 0. The first-order valence-electron chi connectivity index (χ1n) is 7.78. The maximum absolute atomic E-state index is 14.3. The number of benzene rings is 1. The van der Waals surface area contributed by atoms with E-state index in [9.17, 15) is 4.39 Å². The molecule has 1 aromatic rings. The Morgan fingerprint density at radius 3 is 2.55 bits per heavy atom. The van der Waals surface area contributed by atoms with Crippen molar-refractivity contribution in [1.82, 2.24) is 0 Å². The molecule has 0 radical (unpaired) electrons. The number of nitrogens with zero attached hydrogens (tertiary/aromatic N) is 1. The van der Waals surface area contributed by atoms with E-state index in [0.29, 0.717) is 5.41 Å². The molecule has 3 heteroatoms. The third-order valence-corrected chi connectivity index (χ3v) is 4.85. The van der Waals surface area contributed by atoms with E-state index in [2.05, 4.69) is 18.7 Å². The van der Waals surface area contributed by atoms with Crippen LogP contribution < -0.4 is 10.6 Å². The Hall–Kier alpha value is -1.09. The summed E-state index contributed by atoms with van der Waals surface area (Å²) in [6.45, 7) is 8.38. The van der Waals surface area contributed by atoms with Gasteiger partial charge in [0.25, 0.3) is 0 Å². The van der Waals surface area contributed by atoms with Gasteiger partial charge in [-0.3, -0.25) is 0 Å². The van der Waals surface area contributed by atoms with E-state index in [0.717, 1.165) is 30.8 Å². The molecule has 112 valence electrons. The summed E-state index contributed by atoms with van der Waals surface area (Å²) < 4.78 is 14.3. The Morgan fingerprint density at radius 1 is 1.35 bits per heavy atom. The summed E-state index contributed by atoms with van der Waals surface area (Å²) in [5, 5.41) is 0. The topological polar surface area (TPSA) is 29.3 Å². The highest BCUT2D eigenvalue weighted by Crippen LogP contribution is 2.39. The van der Waals surface area contributed by atoms with Gasteiger partial charge in [0, 0.05) is 19.1 Å². The molecule has 2 rings (SSSR count). The monoisotopic (exact) mass is 278 g/mol. The second-order valence-corrected chi connectivity index (χ2v) is 6.35. The van der Waals surface area contributed by atoms with E-state index in [1.165, 1.54) is 19.3 Å². The Balaban J connectivity index is 2.14. The molecule has 0 aliphatic carbocycles. The zero-order valence-electron chi connectivity index (χ0n) is 13.0. The third kappa shape index (κ3) is 3.14. The Labute approximate surface area is 122 Å². The molecule has 1 heterocycles. The van der Waals surface area contributed by atoms with Crippen molar-refractivity contribution in [2.75, 3.05) is 18.0 Å². The molecule has 0 bridgehead atoms. The van der Waals surface area contributed by atoms with Crippen LogP contribution >= 0.6 is 0 Å². The van der Waals surface area contributed by atoms with Crippen LogP contribution in [-0.4, -0.2) is 19.1 Å². The van der Waals surface area contributed by atoms with Gasteiger partial charge < -0.3 is 10.6 Å². The zero-order valence-corrected chi connectivity index (χ0v) is 13.0. The molecule has 0 aromatic heterocycles. The molecule has 1 aliphatic rings. The predicted molar refractivity (Wildman–Crippen MR) is 83.6 cm³/mol. The van der Waals surface area contributed by atoms with Gasteiger partial charge in [0.15, 0.2) is 0 Å². The normalized spacial score (nSPS) is 19.4. The second-order valence-electron chi connectivity index (χ2n) is 6.35. The predicted octanol–water partition coefficient (Wildman–Crippen LogP) is 3.73. The average molecular weight is 278 g/mol. The van der Waals surface area contributed by atoms with Crippen molar-refractivity contribution in [2.45, 2.75) is 52.5 Å². The summed E-state index contributed by atoms with van der Waals surface area (Å²) in [6, 6.07) is 5.66. The molecule has 0 amide bonds. The molecule has 0 spiro atoms. The van der Waals surface area contributed by atoms with Crippen molar-refractivity contribution in [3.63, 3.8) is 0 Å². The zero-order chi connectivity index (χ0) is 14.8. The molecule has 2 N–H and O–H groups in total. The van der Waals surface area contributed by atoms with Gasteiger partial charge >= 0.3 is 0 Å². The standard InChI is InChI=1S/C17H27FN2/c1-4-17(5-2)8-9-20(12-17)16-7-6-14(10-13(3)19)11-15(16)18/h6-7,11,13H,4-5,8-10,12,19H2,1-3H3. The maximum atomic E-state index is 14.3. The lowest BCUT2D eigenvalue weighted by atomic mass is 9.82. The molecule has 1 saturated heterocycles. The number of hydrogen-bond acceptors (Lipinski definition) is 2. The van der Waals surface area contributed by atoms with E-state index in [-0.39, 0.29) is 11.9 Å². The quantitative estimate of drug-likeness (QED) is 0.889. The summed E-state index contributed by atoms with van der Waals surface area (Å²) in [5.41, 5.74) is 7.88. The molecule has 1 aromatic carbocycles. The number of anilines is 1. The van der Waals surface area contributed by atoms with Crippen LogP contribution in [0.3, 0.4) is 0 Å². The molecular weight excluding hydrogens is 251 g/mol. The highest BCUT2D eigenvalue weighted by atomic mass is 19.1. The van der Waals surface area contributed by atoms with E-state index in [1.54, 1.807) is 6.07 Å². The van der Waals surface area contributed by atoms with Crippen molar-refractivity contribution in [3.8, 4) is 0 Å². The first-order valence-corrected chi connectivity index (χ1v) is 7.78. The van der Waals surface area contributed by atoms with Crippen LogP contribution in [0.5, 0.6) is 0 Å². The van der Waals surface area contributed by atoms with Gasteiger partial charge in [0.1, 0.15) is 5.82 Å². The van der Waals surface area contributed by atoms with Gasteiger partial charge in [-0.05, 0) is 55.7 Å². The molecule has 20 heavy (non-hydrogen) atoms. The van der Waals surface area contributed by atoms with Gasteiger partial charge in [-0.1, -0.05) is 19.9 Å². The van der Waals surface area contributed by atoms with Gasteiger partial charge in [-0.15, -0.1) is 0 Å². The highest BCUT2D eigenvalue weighted by Gasteiger charge is 2.35. The average Bonchev–Trinajstić information content (AvgIpc) is 2.83. The lowest BCUT2D eigenvalue weighted by molar-refractivity contribution is 0.301. The van der Waals surface area contributed by atoms with Crippen molar-refractivity contribution in [3.05, 3.63) is 29.6 Å². The van der Waals surface area contributed by atoms with Gasteiger partial charge in [-0.25, -0.2) is 4.39 Å². The SMILES string of the molecule is CCC1(CC)CCN(c2ccc(CC(C)N)cc2F)C1. The van der Waals surface area contributed by atoms with Gasteiger partial charge in [-0.2, -0.15) is 0 Å². The van der Waals surface area contributed by atoms with Crippen LogP contribution in [0.25, 0.3) is 0 Å². The maximum Gasteiger partial charge on any atom is 0.146 e. The van der Waals surface area contributed by atoms with Crippen molar-refractivity contribution >= 4 is 5.69 Å². The van der Waals surface area contributed by atoms with Crippen LogP contribution in [0.2, 0.25) is 0 Å². The number of halogens is 1. The van der Waals surface area contributed by atoms with Crippen molar-refractivity contribution in [1.29, 1.82) is 0 Å². The van der Waals surface area contributed by atoms with Crippen LogP contribution in [0, 0.1) is 11.2 Å². The highest BCUT2D eigenvalue weighted by molar-refractivity contribution is 5.50. The van der Waals surface area contributed by atoms with Gasteiger partial charge in [0.2, 0.25) is 0 Å². The first-order chi connectivity index (χ1) is 9.49. The number of rotatable bonds is 5. The molecule has 1 fully saturated rings. The van der Waals surface area contributed by atoms with Crippen LogP contribution in [-0.2, 0) is 6.42 Å². The minimum Gasteiger partial charge on any atom is -0.369 e. The second kappa shape index (κ2) is 6.13. The van der Waals surface area contributed by atoms with E-state index in [1.807, 2.05) is 19.1 Å².